The van der Waals surface area contributed by atoms with Crippen LogP contribution in [0.3, 0.4) is 0 Å². The molecule has 0 spiro atoms. The summed E-state index contributed by atoms with van der Waals surface area (Å²) in [7, 11) is 0. The fourth-order valence-corrected chi connectivity index (χ4v) is 3.07. The average Bonchev–Trinajstić information content (AvgIpc) is 3.01. The second kappa shape index (κ2) is 6.11. The number of aromatic carboxylic acids is 1. The molecule has 0 amide bonds. The Morgan fingerprint density at radius 3 is 2.04 bits per heavy atom. The van der Waals surface area contributed by atoms with E-state index < -0.39 is 5.97 Å². The van der Waals surface area contributed by atoms with E-state index in [0.29, 0.717) is 16.9 Å². The van der Waals surface area contributed by atoms with Gasteiger partial charge in [0, 0.05) is 0 Å². The predicted molar refractivity (Wildman–Crippen MR) is 98.6 cm³/mol. The van der Waals surface area contributed by atoms with Crippen LogP contribution in [0.2, 0.25) is 0 Å². The van der Waals surface area contributed by atoms with E-state index in [1.54, 1.807) is 25.1 Å². The minimum absolute atomic E-state index is 0.171. The lowest BCUT2D eigenvalue weighted by Gasteiger charge is -2.07. The molecule has 1 heterocycles. The number of aromatic nitrogens is 2. The Bertz CT molecular complexity index is 1110. The first-order valence-electron chi connectivity index (χ1n) is 8.11. The van der Waals surface area contributed by atoms with Crippen LogP contribution in [0.4, 0.5) is 4.39 Å². The maximum Gasteiger partial charge on any atom is 0.337 e. The molecule has 0 bridgehead atoms. The largest absolute Gasteiger partial charge is 0.478 e. The van der Waals surface area contributed by atoms with Crippen molar-refractivity contribution in [1.82, 2.24) is 9.97 Å². The van der Waals surface area contributed by atoms with Crippen molar-refractivity contribution in [2.75, 3.05) is 0 Å². The number of carbonyl (C=O) groups is 1. The molecule has 0 saturated carbocycles. The number of hydrogen-bond acceptors (Lipinski definition) is 2. The monoisotopic (exact) mass is 346 g/mol. The normalized spacial score (nSPS) is 11.0. The molecule has 4 rings (SSSR count). The van der Waals surface area contributed by atoms with Crippen molar-refractivity contribution >= 4 is 17.0 Å². The van der Waals surface area contributed by atoms with Gasteiger partial charge in [0.25, 0.3) is 0 Å². The summed E-state index contributed by atoms with van der Waals surface area (Å²) in [6.07, 6.45) is 0. The third kappa shape index (κ3) is 2.84. The molecule has 0 fully saturated rings. The van der Waals surface area contributed by atoms with Crippen LogP contribution in [0.15, 0.2) is 60.7 Å². The first kappa shape index (κ1) is 16.0. The lowest BCUT2D eigenvalue weighted by Crippen LogP contribution is -1.98. The minimum atomic E-state index is -1.01. The van der Waals surface area contributed by atoms with Gasteiger partial charge in [-0.2, -0.15) is 0 Å². The van der Waals surface area contributed by atoms with E-state index in [1.165, 1.54) is 12.1 Å². The van der Waals surface area contributed by atoms with E-state index in [2.05, 4.69) is 9.97 Å². The Kier molecular flexibility index (Phi) is 3.77. The van der Waals surface area contributed by atoms with Crippen LogP contribution >= 0.6 is 0 Å². The summed E-state index contributed by atoms with van der Waals surface area (Å²) < 4.78 is 13.1. The van der Waals surface area contributed by atoms with Gasteiger partial charge in [0.15, 0.2) is 0 Å². The summed E-state index contributed by atoms with van der Waals surface area (Å²) in [4.78, 5) is 18.9. The standard InChI is InChI=1S/C21H15FN2O2/c1-12-23-19-11-16(10-18(21(25)26)20(19)24-12)15-4-2-13(3-5-15)14-6-8-17(22)9-7-14/h2-11H,1H3,(H,23,24)(H,25,26). The molecular weight excluding hydrogens is 331 g/mol. The lowest BCUT2D eigenvalue weighted by atomic mass is 9.98. The number of fused-ring (bicyclic) bond motifs is 1. The molecule has 1 aromatic heterocycles. The van der Waals surface area contributed by atoms with Gasteiger partial charge in [-0.1, -0.05) is 36.4 Å². The molecule has 0 aliphatic rings. The molecule has 3 aromatic carbocycles. The van der Waals surface area contributed by atoms with Gasteiger partial charge < -0.3 is 10.1 Å². The van der Waals surface area contributed by atoms with Gasteiger partial charge >= 0.3 is 5.97 Å². The number of benzene rings is 3. The number of nitrogens with one attached hydrogen (secondary N) is 1. The number of halogens is 1. The van der Waals surface area contributed by atoms with E-state index in [0.717, 1.165) is 22.3 Å². The Labute approximate surface area is 149 Å². The van der Waals surface area contributed by atoms with E-state index >= 15 is 0 Å². The van der Waals surface area contributed by atoms with Gasteiger partial charge in [0.05, 0.1) is 11.1 Å². The number of carboxylic acid groups (broad SMARTS) is 1. The van der Waals surface area contributed by atoms with E-state index in [4.69, 9.17) is 0 Å². The first-order valence-corrected chi connectivity index (χ1v) is 8.11. The van der Waals surface area contributed by atoms with E-state index in [9.17, 15) is 14.3 Å². The van der Waals surface area contributed by atoms with E-state index in [1.807, 2.05) is 30.3 Å². The SMILES string of the molecule is Cc1nc2c(C(=O)O)cc(-c3ccc(-c4ccc(F)cc4)cc3)cc2[nH]1. The second-order valence-corrected chi connectivity index (χ2v) is 6.13. The molecule has 4 nitrogen and oxygen atoms in total. The number of carboxylic acids is 1. The number of H-pyrrole nitrogens is 1. The van der Waals surface area contributed by atoms with Crippen molar-refractivity contribution in [3.8, 4) is 22.3 Å². The fraction of sp³-hybridized carbons (Fsp3) is 0.0476. The number of rotatable bonds is 3. The van der Waals surface area contributed by atoms with Crippen molar-refractivity contribution < 1.29 is 14.3 Å². The number of aromatic amines is 1. The molecule has 26 heavy (non-hydrogen) atoms. The van der Waals surface area contributed by atoms with Crippen LogP contribution in [-0.2, 0) is 0 Å². The Morgan fingerprint density at radius 1 is 0.923 bits per heavy atom. The van der Waals surface area contributed by atoms with Crippen molar-refractivity contribution in [2.45, 2.75) is 6.92 Å². The van der Waals surface area contributed by atoms with Crippen LogP contribution in [0.5, 0.6) is 0 Å². The molecule has 5 heteroatoms. The Balaban J connectivity index is 1.77. The van der Waals surface area contributed by atoms with Crippen LogP contribution in [0.1, 0.15) is 16.2 Å². The third-order valence-corrected chi connectivity index (χ3v) is 4.33. The summed E-state index contributed by atoms with van der Waals surface area (Å²) >= 11 is 0. The third-order valence-electron chi connectivity index (χ3n) is 4.33. The molecule has 0 atom stereocenters. The fourth-order valence-electron chi connectivity index (χ4n) is 3.07. The van der Waals surface area contributed by atoms with Crippen LogP contribution in [0.25, 0.3) is 33.3 Å². The topological polar surface area (TPSA) is 66.0 Å². The lowest BCUT2D eigenvalue weighted by molar-refractivity contribution is 0.0699. The average molecular weight is 346 g/mol. The van der Waals surface area contributed by atoms with Crippen molar-refractivity contribution in [3.05, 3.63) is 77.9 Å². The first-order chi connectivity index (χ1) is 12.5. The number of nitrogens with zero attached hydrogens (tertiary/aromatic N) is 1. The maximum atomic E-state index is 13.1. The highest BCUT2D eigenvalue weighted by Crippen LogP contribution is 2.29. The highest BCUT2D eigenvalue weighted by Gasteiger charge is 2.14. The highest BCUT2D eigenvalue weighted by molar-refractivity contribution is 6.03. The summed E-state index contributed by atoms with van der Waals surface area (Å²) in [5.74, 6) is -0.604. The number of aryl methyl sites for hydroxylation is 1. The number of imidazole rings is 1. The molecular formula is C21H15FN2O2. The minimum Gasteiger partial charge on any atom is -0.478 e. The highest BCUT2D eigenvalue weighted by atomic mass is 19.1. The second-order valence-electron chi connectivity index (χ2n) is 6.13. The summed E-state index contributed by atoms with van der Waals surface area (Å²) in [5, 5.41) is 9.49. The molecule has 128 valence electrons. The Hall–Kier alpha value is -3.47. The molecule has 0 aliphatic carbocycles. The van der Waals surface area contributed by atoms with Gasteiger partial charge in [-0.3, -0.25) is 0 Å². The summed E-state index contributed by atoms with van der Waals surface area (Å²) in [6, 6.07) is 17.6. The molecule has 0 aliphatic heterocycles. The summed E-state index contributed by atoms with van der Waals surface area (Å²) in [6.45, 7) is 1.79. The van der Waals surface area contributed by atoms with Crippen LogP contribution in [-0.4, -0.2) is 21.0 Å². The van der Waals surface area contributed by atoms with Crippen molar-refractivity contribution in [1.29, 1.82) is 0 Å². The molecule has 0 unspecified atom stereocenters. The van der Waals surface area contributed by atoms with Gasteiger partial charge in [0.2, 0.25) is 0 Å². The molecule has 4 aromatic rings. The summed E-state index contributed by atoms with van der Waals surface area (Å²) in [5.41, 5.74) is 4.90. The van der Waals surface area contributed by atoms with Crippen LogP contribution < -0.4 is 0 Å². The van der Waals surface area contributed by atoms with E-state index in [-0.39, 0.29) is 11.4 Å². The quantitative estimate of drug-likeness (QED) is 0.546. The number of hydrogen-bond donors (Lipinski definition) is 2. The zero-order valence-corrected chi connectivity index (χ0v) is 14.0. The smallest absolute Gasteiger partial charge is 0.337 e. The van der Waals surface area contributed by atoms with Gasteiger partial charge in [-0.05, 0) is 53.4 Å². The van der Waals surface area contributed by atoms with Gasteiger partial charge in [-0.15, -0.1) is 0 Å². The van der Waals surface area contributed by atoms with Crippen LogP contribution in [0, 0.1) is 12.7 Å². The zero-order valence-electron chi connectivity index (χ0n) is 14.0. The predicted octanol–water partition coefficient (Wildman–Crippen LogP) is 5.04. The molecule has 0 radical (unpaired) electrons. The molecule has 2 N–H and O–H groups in total. The Morgan fingerprint density at radius 2 is 1.46 bits per heavy atom. The van der Waals surface area contributed by atoms with Gasteiger partial charge in [0.1, 0.15) is 17.2 Å². The maximum absolute atomic E-state index is 13.1. The van der Waals surface area contributed by atoms with Crippen molar-refractivity contribution in [2.24, 2.45) is 0 Å². The van der Waals surface area contributed by atoms with Crippen molar-refractivity contribution in [3.63, 3.8) is 0 Å². The zero-order chi connectivity index (χ0) is 18.3. The van der Waals surface area contributed by atoms with Gasteiger partial charge in [-0.25, -0.2) is 14.2 Å². The molecule has 0 saturated heterocycles.